The molecule has 4 nitrogen and oxygen atoms in total. The average Bonchev–Trinajstić information content (AvgIpc) is 2.12. The highest BCUT2D eigenvalue weighted by molar-refractivity contribution is 7.53. The lowest BCUT2D eigenvalue weighted by Crippen LogP contribution is -2.00. The van der Waals surface area contributed by atoms with Gasteiger partial charge in [-0.15, -0.1) is 0 Å². The van der Waals surface area contributed by atoms with E-state index in [2.05, 4.69) is 16.0 Å². The van der Waals surface area contributed by atoms with E-state index in [1.54, 1.807) is 0 Å². The van der Waals surface area contributed by atoms with E-state index < -0.39 is 7.60 Å². The first-order valence-corrected chi connectivity index (χ1v) is 5.69. The van der Waals surface area contributed by atoms with Crippen LogP contribution in [0.15, 0.2) is 0 Å². The van der Waals surface area contributed by atoms with Gasteiger partial charge >= 0.3 is 7.60 Å². The Hall–Kier alpha value is 0.110. The molecule has 0 unspecified atom stereocenters. The Bertz CT molecular complexity index is 140. The summed E-state index contributed by atoms with van der Waals surface area (Å²) in [6.45, 7) is 2.67. The van der Waals surface area contributed by atoms with Crippen LogP contribution in [-0.4, -0.2) is 27.2 Å². The van der Waals surface area contributed by atoms with Gasteiger partial charge in [0, 0.05) is 20.8 Å². The number of unbranched alkanes of at least 4 members (excludes halogenated alkanes) is 1. The van der Waals surface area contributed by atoms with Crippen LogP contribution in [0.3, 0.4) is 0 Å². The molecule has 0 aromatic rings. The van der Waals surface area contributed by atoms with Crippen molar-refractivity contribution < 1.29 is 18.3 Å². The van der Waals surface area contributed by atoms with Crippen LogP contribution in [0.1, 0.15) is 19.8 Å². The zero-order chi connectivity index (χ0) is 9.45. The molecule has 0 aromatic heterocycles. The quantitative estimate of drug-likeness (QED) is 0.462. The summed E-state index contributed by atoms with van der Waals surface area (Å²) in [6.07, 6.45) is 2.07. The van der Waals surface area contributed by atoms with E-state index in [0.29, 0.717) is 6.61 Å². The molecule has 0 fully saturated rings. The summed E-state index contributed by atoms with van der Waals surface area (Å²) in [5.41, 5.74) is 0. The minimum Gasteiger partial charge on any atom is -0.369 e. The third-order valence-corrected chi connectivity index (χ3v) is 3.06. The SMILES string of the molecule is CCCCOCP(=O)(OC)OC. The summed E-state index contributed by atoms with van der Waals surface area (Å²) in [7, 11) is -0.234. The molecule has 0 N–H and O–H groups in total. The minimum absolute atomic E-state index is 0.0417. The highest BCUT2D eigenvalue weighted by Gasteiger charge is 2.20. The van der Waals surface area contributed by atoms with Crippen LogP contribution < -0.4 is 0 Å². The van der Waals surface area contributed by atoms with Crippen molar-refractivity contribution in [1.82, 2.24) is 0 Å². The summed E-state index contributed by atoms with van der Waals surface area (Å²) < 4.78 is 25.8. The van der Waals surface area contributed by atoms with Crippen molar-refractivity contribution in [2.45, 2.75) is 19.8 Å². The van der Waals surface area contributed by atoms with E-state index in [0.717, 1.165) is 12.8 Å². The third kappa shape index (κ3) is 4.88. The van der Waals surface area contributed by atoms with Gasteiger partial charge in [-0.05, 0) is 6.42 Å². The molecule has 5 heteroatoms. The Kier molecular flexibility index (Phi) is 6.67. The van der Waals surface area contributed by atoms with Crippen molar-refractivity contribution in [1.29, 1.82) is 0 Å². The van der Waals surface area contributed by atoms with Gasteiger partial charge < -0.3 is 13.8 Å². The van der Waals surface area contributed by atoms with Crippen molar-refractivity contribution in [3.63, 3.8) is 0 Å². The van der Waals surface area contributed by atoms with Crippen LogP contribution in [0.4, 0.5) is 0 Å². The monoisotopic (exact) mass is 196 g/mol. The number of ether oxygens (including phenoxy) is 1. The lowest BCUT2D eigenvalue weighted by molar-refractivity contribution is 0.142. The lowest BCUT2D eigenvalue weighted by Gasteiger charge is -2.13. The smallest absolute Gasteiger partial charge is 0.355 e. The highest BCUT2D eigenvalue weighted by Crippen LogP contribution is 2.45. The van der Waals surface area contributed by atoms with Gasteiger partial charge in [0.25, 0.3) is 0 Å². The van der Waals surface area contributed by atoms with Gasteiger partial charge in [-0.2, -0.15) is 0 Å². The van der Waals surface area contributed by atoms with Crippen molar-refractivity contribution in [2.24, 2.45) is 0 Å². The molecule has 0 aromatic carbocycles. The first-order valence-electron chi connectivity index (χ1n) is 3.96. The van der Waals surface area contributed by atoms with E-state index in [1.165, 1.54) is 14.2 Å². The minimum atomic E-state index is -2.94. The van der Waals surface area contributed by atoms with Crippen LogP contribution in [0.2, 0.25) is 0 Å². The Labute approximate surface area is 73.7 Å². The summed E-state index contributed by atoms with van der Waals surface area (Å²) in [5, 5.41) is 0. The zero-order valence-electron chi connectivity index (χ0n) is 7.91. The van der Waals surface area contributed by atoms with Gasteiger partial charge in [0.05, 0.1) is 0 Å². The molecule has 0 saturated heterocycles. The zero-order valence-corrected chi connectivity index (χ0v) is 8.80. The molecule has 0 aliphatic heterocycles. The van der Waals surface area contributed by atoms with Crippen molar-refractivity contribution in [3.05, 3.63) is 0 Å². The molecule has 0 radical (unpaired) electrons. The summed E-state index contributed by atoms with van der Waals surface area (Å²) in [4.78, 5) is 0. The van der Waals surface area contributed by atoms with Gasteiger partial charge in [-0.25, -0.2) is 0 Å². The maximum atomic E-state index is 11.3. The molecule has 0 rings (SSSR count). The Balaban J connectivity index is 3.52. The predicted octanol–water partition coefficient (Wildman–Crippen LogP) is 2.25. The summed E-state index contributed by atoms with van der Waals surface area (Å²) in [5.74, 6) is 0. The highest BCUT2D eigenvalue weighted by atomic mass is 31.2. The first-order chi connectivity index (χ1) is 5.68. The number of hydrogen-bond acceptors (Lipinski definition) is 4. The molecule has 0 bridgehead atoms. The fourth-order valence-corrected chi connectivity index (χ4v) is 1.32. The second-order valence-corrected chi connectivity index (χ2v) is 4.58. The van der Waals surface area contributed by atoms with E-state index >= 15 is 0 Å². The molecule has 0 spiro atoms. The van der Waals surface area contributed by atoms with Crippen molar-refractivity contribution in [2.75, 3.05) is 27.2 Å². The van der Waals surface area contributed by atoms with Crippen LogP contribution in [-0.2, 0) is 18.3 Å². The molecular formula is C7H17O4P. The molecular weight excluding hydrogens is 179 g/mol. The first kappa shape index (κ1) is 12.1. The molecule has 0 heterocycles. The topological polar surface area (TPSA) is 44.8 Å². The van der Waals surface area contributed by atoms with Gasteiger partial charge in [-0.1, -0.05) is 13.3 Å². The Morgan fingerprint density at radius 3 is 2.25 bits per heavy atom. The van der Waals surface area contributed by atoms with Crippen molar-refractivity contribution >= 4 is 7.60 Å². The standard InChI is InChI=1S/C7H17O4P/c1-4-5-6-11-7-12(8,9-2)10-3/h4-7H2,1-3H3. The maximum Gasteiger partial charge on any atom is 0.355 e. The normalized spacial score (nSPS) is 11.9. The third-order valence-electron chi connectivity index (χ3n) is 1.45. The summed E-state index contributed by atoms with van der Waals surface area (Å²) in [6, 6.07) is 0. The van der Waals surface area contributed by atoms with Gasteiger partial charge in [-0.3, -0.25) is 4.57 Å². The largest absolute Gasteiger partial charge is 0.369 e. The number of rotatable bonds is 7. The van der Waals surface area contributed by atoms with Crippen LogP contribution in [0.5, 0.6) is 0 Å². The fraction of sp³-hybridized carbons (Fsp3) is 1.00. The van der Waals surface area contributed by atoms with Gasteiger partial charge in [0.15, 0.2) is 0 Å². The van der Waals surface area contributed by atoms with Crippen LogP contribution >= 0.6 is 7.60 Å². The Morgan fingerprint density at radius 1 is 1.25 bits per heavy atom. The fourth-order valence-electron chi connectivity index (χ4n) is 0.603. The molecule has 12 heavy (non-hydrogen) atoms. The molecule has 0 saturated carbocycles. The molecule has 0 amide bonds. The Morgan fingerprint density at radius 2 is 1.83 bits per heavy atom. The predicted molar refractivity (Wildman–Crippen MR) is 47.4 cm³/mol. The number of hydrogen-bond donors (Lipinski definition) is 0. The molecule has 74 valence electrons. The van der Waals surface area contributed by atoms with E-state index in [4.69, 9.17) is 4.74 Å². The second-order valence-electron chi connectivity index (χ2n) is 2.37. The molecule has 0 atom stereocenters. The van der Waals surface area contributed by atoms with Gasteiger partial charge in [0.1, 0.15) is 6.35 Å². The second kappa shape index (κ2) is 6.61. The molecule has 0 aliphatic carbocycles. The van der Waals surface area contributed by atoms with Crippen LogP contribution in [0, 0.1) is 0 Å². The maximum absolute atomic E-state index is 11.3. The van der Waals surface area contributed by atoms with Crippen LogP contribution in [0.25, 0.3) is 0 Å². The molecule has 0 aliphatic rings. The lowest BCUT2D eigenvalue weighted by atomic mass is 10.4. The van der Waals surface area contributed by atoms with Gasteiger partial charge in [0.2, 0.25) is 0 Å². The summed E-state index contributed by atoms with van der Waals surface area (Å²) >= 11 is 0. The van der Waals surface area contributed by atoms with E-state index in [1.807, 2.05) is 0 Å². The van der Waals surface area contributed by atoms with E-state index in [9.17, 15) is 4.57 Å². The average molecular weight is 196 g/mol. The van der Waals surface area contributed by atoms with Crippen molar-refractivity contribution in [3.8, 4) is 0 Å². The van der Waals surface area contributed by atoms with E-state index in [-0.39, 0.29) is 6.35 Å².